The number of nitrogens with zero attached hydrogens (tertiary/aromatic N) is 1. The van der Waals surface area contributed by atoms with E-state index in [-0.39, 0.29) is 6.04 Å². The van der Waals surface area contributed by atoms with Crippen molar-refractivity contribution >= 4 is 11.0 Å². The van der Waals surface area contributed by atoms with Gasteiger partial charge in [0.1, 0.15) is 11.6 Å². The molecular weight excluding hydrogens is 566 g/mol. The van der Waals surface area contributed by atoms with E-state index in [1.807, 2.05) is 6.07 Å². The zero-order valence-electron chi connectivity index (χ0n) is 25.5. The van der Waals surface area contributed by atoms with Crippen LogP contribution in [0.25, 0.3) is 33.3 Å². The van der Waals surface area contributed by atoms with E-state index < -0.39 is 11.6 Å². The van der Waals surface area contributed by atoms with Gasteiger partial charge in [0, 0.05) is 30.4 Å². The predicted molar refractivity (Wildman–Crippen MR) is 169 cm³/mol. The number of rotatable bonds is 3. The van der Waals surface area contributed by atoms with Gasteiger partial charge in [-0.15, -0.1) is 0 Å². The fourth-order valence-corrected chi connectivity index (χ4v) is 9.34. The van der Waals surface area contributed by atoms with E-state index in [2.05, 4.69) is 46.7 Å². The van der Waals surface area contributed by atoms with Gasteiger partial charge in [-0.3, -0.25) is 0 Å². The van der Waals surface area contributed by atoms with Gasteiger partial charge in [-0.1, -0.05) is 25.0 Å². The number of imidazole rings is 1. The maximum Gasteiger partial charge on any atom is 0.251 e. The summed E-state index contributed by atoms with van der Waals surface area (Å²) >= 11 is 0. The van der Waals surface area contributed by atoms with Gasteiger partial charge in [0.15, 0.2) is 17.3 Å². The molecule has 1 atom stereocenters. The molecule has 2 saturated heterocycles. The minimum absolute atomic E-state index is 0.0526. The van der Waals surface area contributed by atoms with Crippen molar-refractivity contribution in [3.63, 3.8) is 0 Å². The average molecular weight is 606 g/mol. The monoisotopic (exact) mass is 605 g/mol. The van der Waals surface area contributed by atoms with E-state index in [0.29, 0.717) is 30.9 Å². The van der Waals surface area contributed by atoms with Gasteiger partial charge in [-0.25, -0.2) is 4.98 Å². The molecule has 0 amide bonds. The van der Waals surface area contributed by atoms with E-state index >= 15 is 0 Å². The van der Waals surface area contributed by atoms with Crippen LogP contribution in [0.15, 0.2) is 42.5 Å². The summed E-state index contributed by atoms with van der Waals surface area (Å²) in [5.74, 6) is 1.90. The number of aromatic hydroxyl groups is 1. The fourth-order valence-electron chi connectivity index (χ4n) is 9.34. The molecule has 10 rings (SSSR count). The molecule has 8 heteroatoms. The highest BCUT2D eigenvalue weighted by molar-refractivity contribution is 5.89. The van der Waals surface area contributed by atoms with E-state index in [1.54, 1.807) is 0 Å². The van der Waals surface area contributed by atoms with Crippen molar-refractivity contribution in [1.29, 1.82) is 0 Å². The molecule has 8 nitrogen and oxygen atoms in total. The lowest BCUT2D eigenvalue weighted by atomic mass is 9.83. The summed E-state index contributed by atoms with van der Waals surface area (Å²) in [4.78, 5) is 8.52. The maximum absolute atomic E-state index is 10.9. The molecule has 6 aliphatic rings. The first-order valence-corrected chi connectivity index (χ1v) is 16.9. The lowest BCUT2D eigenvalue weighted by Gasteiger charge is -2.22. The van der Waals surface area contributed by atoms with Crippen molar-refractivity contribution in [2.75, 3.05) is 19.8 Å². The van der Waals surface area contributed by atoms with Crippen LogP contribution in [-0.4, -0.2) is 46.4 Å². The molecule has 4 fully saturated rings. The summed E-state index contributed by atoms with van der Waals surface area (Å²) in [6.45, 7) is 1.96. The van der Waals surface area contributed by atoms with Gasteiger partial charge in [-0.2, -0.15) is 0 Å². The van der Waals surface area contributed by atoms with Crippen LogP contribution in [0.1, 0.15) is 80.8 Å². The number of phenolic OH excluding ortho intramolecular Hbond substituents is 1. The number of aromatic nitrogens is 2. The number of nitrogens with one attached hydrogen (secondary N) is 2. The maximum atomic E-state index is 10.9. The Balaban J connectivity index is 1.05. The molecule has 1 aromatic heterocycles. The Bertz CT molecular complexity index is 1840. The van der Waals surface area contributed by atoms with Crippen molar-refractivity contribution in [3.05, 3.63) is 59.4 Å². The normalized spacial score (nSPS) is 25.0. The van der Waals surface area contributed by atoms with E-state index in [0.717, 1.165) is 95.6 Å². The van der Waals surface area contributed by atoms with Crippen molar-refractivity contribution < 1.29 is 24.1 Å². The largest absolute Gasteiger partial charge is 0.508 e. The molecule has 45 heavy (non-hydrogen) atoms. The minimum atomic E-state index is -0.598. The molecule has 1 unspecified atom stereocenters. The lowest BCUT2D eigenvalue weighted by molar-refractivity contribution is -0.141. The number of ether oxygens (including phenoxy) is 4. The number of phenols is 1. The number of H-pyrrole nitrogens is 1. The standard InChI is InChI=1S/C37H39N3O5/c41-31-10-8-24(26-18-35(19-27(26)31)11-1-2-12-35)25-7-6-23(32-33(25)45-36(44-32)13-3-4-14-36)22-5-9-28-29(17-22)40-34(39-28)30-20-37(21-38-30)42-15-16-43-37/h5-10,17,30,38,41H,1-4,11-16,18-21H2,(H,39,40). The summed E-state index contributed by atoms with van der Waals surface area (Å²) in [5, 5.41) is 14.5. The average Bonchev–Trinajstić information content (AvgIpc) is 3.91. The molecule has 0 radical (unpaired) electrons. The van der Waals surface area contributed by atoms with Crippen LogP contribution >= 0.6 is 0 Å². The number of aromatic amines is 1. The third-order valence-electron chi connectivity index (χ3n) is 11.6. The Morgan fingerprint density at radius 2 is 1.47 bits per heavy atom. The number of fused-ring (bicyclic) bond motifs is 3. The second-order valence-corrected chi connectivity index (χ2v) is 14.4. The zero-order valence-corrected chi connectivity index (χ0v) is 25.5. The molecule has 2 saturated carbocycles. The zero-order chi connectivity index (χ0) is 29.8. The van der Waals surface area contributed by atoms with Gasteiger partial charge in [0.05, 0.1) is 36.8 Å². The molecule has 4 aromatic rings. The summed E-state index contributed by atoms with van der Waals surface area (Å²) < 4.78 is 25.6. The second kappa shape index (κ2) is 9.47. The SMILES string of the molecule is Oc1ccc(-c2ccc(-c3ccc4nc(C5CC6(CN5)OCCO6)[nH]c4c3)c3c2OC2(CCCC2)O3)c2c1CC1(CCCC1)C2. The smallest absolute Gasteiger partial charge is 0.251 e. The Labute approximate surface area is 262 Å². The molecule has 3 aromatic carbocycles. The summed E-state index contributed by atoms with van der Waals surface area (Å²) in [6.07, 6.45) is 11.8. The van der Waals surface area contributed by atoms with Crippen LogP contribution in [-0.2, 0) is 22.3 Å². The Kier molecular flexibility index (Phi) is 5.60. The number of hydrogen-bond acceptors (Lipinski definition) is 7. The van der Waals surface area contributed by atoms with Crippen molar-refractivity contribution in [2.45, 2.75) is 88.2 Å². The van der Waals surface area contributed by atoms with Crippen LogP contribution in [0.5, 0.6) is 17.2 Å². The minimum Gasteiger partial charge on any atom is -0.508 e. The quantitative estimate of drug-likeness (QED) is 0.230. The first-order chi connectivity index (χ1) is 22.0. The molecule has 4 heterocycles. The second-order valence-electron chi connectivity index (χ2n) is 14.4. The molecule has 232 valence electrons. The van der Waals surface area contributed by atoms with E-state index in [9.17, 15) is 5.11 Å². The third kappa shape index (κ3) is 4.04. The Morgan fingerprint density at radius 3 is 2.29 bits per heavy atom. The molecule has 0 bridgehead atoms. The topological polar surface area (TPSA) is 97.9 Å². The van der Waals surface area contributed by atoms with Crippen LogP contribution < -0.4 is 14.8 Å². The highest BCUT2D eigenvalue weighted by Gasteiger charge is 2.48. The molecule has 3 aliphatic carbocycles. The van der Waals surface area contributed by atoms with E-state index in [1.165, 1.54) is 36.8 Å². The molecule has 3 spiro atoms. The predicted octanol–water partition coefficient (Wildman–Crippen LogP) is 7.08. The molecular formula is C37H39N3O5. The van der Waals surface area contributed by atoms with Crippen molar-refractivity contribution in [3.8, 4) is 39.5 Å². The van der Waals surface area contributed by atoms with Crippen molar-refractivity contribution in [1.82, 2.24) is 15.3 Å². The Hall–Kier alpha value is -3.59. The first-order valence-electron chi connectivity index (χ1n) is 16.9. The van der Waals surface area contributed by atoms with Gasteiger partial charge >= 0.3 is 0 Å². The van der Waals surface area contributed by atoms with Crippen LogP contribution in [0, 0.1) is 5.41 Å². The Morgan fingerprint density at radius 1 is 0.756 bits per heavy atom. The fraction of sp³-hybridized carbons (Fsp3) is 0.486. The third-order valence-corrected chi connectivity index (χ3v) is 11.6. The van der Waals surface area contributed by atoms with Crippen molar-refractivity contribution in [2.24, 2.45) is 5.41 Å². The highest BCUT2D eigenvalue weighted by atomic mass is 16.7. The first kappa shape index (κ1) is 26.6. The van der Waals surface area contributed by atoms with Gasteiger partial charge in [-0.05, 0) is 96.5 Å². The van der Waals surface area contributed by atoms with Crippen LogP contribution in [0.2, 0.25) is 0 Å². The van der Waals surface area contributed by atoms with Crippen LogP contribution in [0.3, 0.4) is 0 Å². The molecule has 3 aliphatic heterocycles. The summed E-state index contributed by atoms with van der Waals surface area (Å²) in [7, 11) is 0. The summed E-state index contributed by atoms with van der Waals surface area (Å²) in [6, 6.07) is 14.9. The number of benzene rings is 3. The van der Waals surface area contributed by atoms with Crippen LogP contribution in [0.4, 0.5) is 0 Å². The molecule has 3 N–H and O–H groups in total. The lowest BCUT2D eigenvalue weighted by Crippen LogP contribution is -2.34. The van der Waals surface area contributed by atoms with Gasteiger partial charge in [0.25, 0.3) is 5.79 Å². The van der Waals surface area contributed by atoms with E-state index in [4.69, 9.17) is 23.9 Å². The summed E-state index contributed by atoms with van der Waals surface area (Å²) in [5.41, 5.74) is 9.01. The highest BCUT2D eigenvalue weighted by Crippen LogP contribution is 2.58. The van der Waals surface area contributed by atoms with Gasteiger partial charge in [0.2, 0.25) is 0 Å². The van der Waals surface area contributed by atoms with Gasteiger partial charge < -0.3 is 34.4 Å². The number of hydrogen-bond donors (Lipinski definition) is 3.